The Morgan fingerprint density at radius 1 is 1.06 bits per heavy atom. The van der Waals surface area contributed by atoms with Crippen LogP contribution in [0.15, 0.2) is 48.5 Å². The Labute approximate surface area is 185 Å². The molecule has 3 aromatic rings. The molecule has 31 heavy (non-hydrogen) atoms. The van der Waals surface area contributed by atoms with Crippen molar-refractivity contribution in [2.45, 2.75) is 66.0 Å². The maximum absolute atomic E-state index is 12.0. The van der Waals surface area contributed by atoms with E-state index in [4.69, 9.17) is 9.72 Å². The molecule has 0 aliphatic carbocycles. The van der Waals surface area contributed by atoms with Gasteiger partial charge in [-0.25, -0.2) is 4.98 Å². The topological polar surface area (TPSA) is 56.2 Å². The van der Waals surface area contributed by atoms with Crippen LogP contribution in [0.1, 0.15) is 58.8 Å². The molecule has 0 saturated carbocycles. The zero-order chi connectivity index (χ0) is 22.4. The molecule has 5 heteroatoms. The molecule has 0 atom stereocenters. The number of hydrogen-bond donors (Lipinski definition) is 1. The minimum absolute atomic E-state index is 0.0348. The van der Waals surface area contributed by atoms with E-state index in [-0.39, 0.29) is 17.2 Å². The molecule has 1 amide bonds. The van der Waals surface area contributed by atoms with Crippen molar-refractivity contribution in [3.63, 3.8) is 0 Å². The van der Waals surface area contributed by atoms with E-state index in [9.17, 15) is 4.79 Å². The van der Waals surface area contributed by atoms with Gasteiger partial charge in [0.25, 0.3) is 0 Å². The number of benzene rings is 2. The lowest BCUT2D eigenvalue weighted by atomic mass is 9.87. The Hall–Kier alpha value is -2.82. The van der Waals surface area contributed by atoms with Gasteiger partial charge in [-0.1, -0.05) is 58.9 Å². The first-order valence-electron chi connectivity index (χ1n) is 11.2. The quantitative estimate of drug-likeness (QED) is 0.466. The second-order valence-electron chi connectivity index (χ2n) is 9.37. The third kappa shape index (κ3) is 6.09. The highest BCUT2D eigenvalue weighted by Crippen LogP contribution is 2.24. The first-order valence-corrected chi connectivity index (χ1v) is 11.2. The number of para-hydroxylation sites is 2. The number of nitrogens with one attached hydrogen (secondary N) is 1. The summed E-state index contributed by atoms with van der Waals surface area (Å²) in [5, 5.41) is 2.99. The van der Waals surface area contributed by atoms with Crippen molar-refractivity contribution in [2.24, 2.45) is 5.92 Å². The molecule has 0 spiro atoms. The monoisotopic (exact) mass is 421 g/mol. The predicted octanol–water partition coefficient (Wildman–Crippen LogP) is 5.47. The molecule has 0 saturated heterocycles. The molecule has 0 fully saturated rings. The van der Waals surface area contributed by atoms with Crippen molar-refractivity contribution in [3.8, 4) is 5.75 Å². The van der Waals surface area contributed by atoms with E-state index in [0.29, 0.717) is 13.2 Å². The molecule has 1 aromatic heterocycles. The smallest absolute Gasteiger partial charge is 0.222 e. The van der Waals surface area contributed by atoms with Gasteiger partial charge in [0.15, 0.2) is 0 Å². The summed E-state index contributed by atoms with van der Waals surface area (Å²) in [6.07, 6.45) is 1.93. The summed E-state index contributed by atoms with van der Waals surface area (Å²) in [4.78, 5) is 16.7. The van der Waals surface area contributed by atoms with E-state index in [0.717, 1.165) is 42.0 Å². The molecule has 0 aliphatic rings. The summed E-state index contributed by atoms with van der Waals surface area (Å²) in [5.74, 6) is 1.82. The summed E-state index contributed by atoms with van der Waals surface area (Å²) in [5.41, 5.74) is 3.53. The van der Waals surface area contributed by atoms with Gasteiger partial charge in [-0.3, -0.25) is 4.79 Å². The van der Waals surface area contributed by atoms with Crippen LogP contribution in [0.4, 0.5) is 0 Å². The number of hydrogen-bond acceptors (Lipinski definition) is 3. The summed E-state index contributed by atoms with van der Waals surface area (Å²) in [6, 6.07) is 16.5. The largest absolute Gasteiger partial charge is 0.494 e. The summed E-state index contributed by atoms with van der Waals surface area (Å²) >= 11 is 0. The van der Waals surface area contributed by atoms with Gasteiger partial charge in [-0.2, -0.15) is 0 Å². The molecule has 0 unspecified atom stereocenters. The van der Waals surface area contributed by atoms with Gasteiger partial charge in [0, 0.05) is 12.5 Å². The average molecular weight is 422 g/mol. The lowest BCUT2D eigenvalue weighted by Crippen LogP contribution is -2.28. The van der Waals surface area contributed by atoms with Crippen molar-refractivity contribution in [1.82, 2.24) is 14.9 Å². The van der Waals surface area contributed by atoms with Gasteiger partial charge in [0.1, 0.15) is 11.6 Å². The lowest BCUT2D eigenvalue weighted by molar-refractivity contribution is -0.124. The maximum atomic E-state index is 12.0. The molecule has 0 bridgehead atoms. The standard InChI is InChI=1S/C26H35N3O2/c1-19(2)25(30)27-18-24-28-22-10-6-7-11-23(22)29(24)16-8-9-17-31-21-14-12-20(13-15-21)26(3,4)5/h6-7,10-15,19H,8-9,16-18H2,1-5H3,(H,27,30). The molecule has 3 rings (SSSR count). The second kappa shape index (κ2) is 9.99. The molecule has 166 valence electrons. The van der Waals surface area contributed by atoms with Crippen molar-refractivity contribution >= 4 is 16.9 Å². The number of aryl methyl sites for hydroxylation is 1. The second-order valence-corrected chi connectivity index (χ2v) is 9.37. The normalized spacial score (nSPS) is 11.8. The van der Waals surface area contributed by atoms with Crippen molar-refractivity contribution in [1.29, 1.82) is 0 Å². The van der Waals surface area contributed by atoms with Crippen molar-refractivity contribution in [2.75, 3.05) is 6.61 Å². The van der Waals surface area contributed by atoms with Gasteiger partial charge < -0.3 is 14.6 Å². The summed E-state index contributed by atoms with van der Waals surface area (Å²) in [7, 11) is 0. The molecule has 5 nitrogen and oxygen atoms in total. The van der Waals surface area contributed by atoms with E-state index in [1.165, 1.54) is 5.56 Å². The number of amides is 1. The van der Waals surface area contributed by atoms with Crippen LogP contribution < -0.4 is 10.1 Å². The van der Waals surface area contributed by atoms with E-state index in [1.54, 1.807) is 0 Å². The molecule has 0 radical (unpaired) electrons. The first-order chi connectivity index (χ1) is 14.8. The molecule has 2 aromatic carbocycles. The summed E-state index contributed by atoms with van der Waals surface area (Å²) in [6.45, 7) is 12.4. The molecular formula is C26H35N3O2. The SMILES string of the molecule is CC(C)C(=O)NCc1nc2ccccc2n1CCCCOc1ccc(C(C)(C)C)cc1. The Morgan fingerprint density at radius 3 is 2.45 bits per heavy atom. The number of carbonyl (C=O) groups excluding carboxylic acids is 1. The number of fused-ring (bicyclic) bond motifs is 1. The maximum Gasteiger partial charge on any atom is 0.222 e. The fraction of sp³-hybridized carbons (Fsp3) is 0.462. The third-order valence-electron chi connectivity index (χ3n) is 5.44. The van der Waals surface area contributed by atoms with Crippen LogP contribution in [-0.4, -0.2) is 22.1 Å². The van der Waals surface area contributed by atoms with Gasteiger partial charge in [0.2, 0.25) is 5.91 Å². The first kappa shape index (κ1) is 22.9. The van der Waals surface area contributed by atoms with Gasteiger partial charge in [-0.05, 0) is 48.1 Å². The minimum Gasteiger partial charge on any atom is -0.494 e. The Morgan fingerprint density at radius 2 is 1.77 bits per heavy atom. The number of carbonyl (C=O) groups is 1. The Bertz CT molecular complexity index is 998. The van der Waals surface area contributed by atoms with Crippen molar-refractivity contribution < 1.29 is 9.53 Å². The zero-order valence-corrected chi connectivity index (χ0v) is 19.4. The molecule has 1 N–H and O–H groups in total. The van der Waals surface area contributed by atoms with Crippen LogP contribution in [0, 0.1) is 5.92 Å². The number of imidazole rings is 1. The molecule has 1 heterocycles. The van der Waals surface area contributed by atoms with Gasteiger partial charge >= 0.3 is 0 Å². The van der Waals surface area contributed by atoms with E-state index in [1.807, 2.05) is 32.0 Å². The average Bonchev–Trinajstić information content (AvgIpc) is 3.09. The van der Waals surface area contributed by atoms with E-state index >= 15 is 0 Å². The van der Waals surface area contributed by atoms with E-state index in [2.05, 4.69) is 61.0 Å². The van der Waals surface area contributed by atoms with E-state index < -0.39 is 0 Å². The Balaban J connectivity index is 1.55. The number of nitrogens with zero attached hydrogens (tertiary/aromatic N) is 2. The van der Waals surface area contributed by atoms with Gasteiger partial charge in [0.05, 0.1) is 24.2 Å². The number of rotatable bonds is 9. The minimum atomic E-state index is -0.0348. The van der Waals surface area contributed by atoms with Crippen LogP contribution >= 0.6 is 0 Å². The fourth-order valence-corrected chi connectivity index (χ4v) is 3.49. The lowest BCUT2D eigenvalue weighted by Gasteiger charge is -2.19. The third-order valence-corrected chi connectivity index (χ3v) is 5.44. The van der Waals surface area contributed by atoms with Crippen LogP contribution in [0.3, 0.4) is 0 Å². The van der Waals surface area contributed by atoms with Gasteiger partial charge in [-0.15, -0.1) is 0 Å². The fourth-order valence-electron chi connectivity index (χ4n) is 3.49. The number of unbranched alkanes of at least 4 members (excludes halogenated alkanes) is 1. The Kier molecular flexibility index (Phi) is 7.37. The summed E-state index contributed by atoms with van der Waals surface area (Å²) < 4.78 is 8.15. The van der Waals surface area contributed by atoms with Crippen LogP contribution in [0.25, 0.3) is 11.0 Å². The highest BCUT2D eigenvalue weighted by molar-refractivity contribution is 5.78. The van der Waals surface area contributed by atoms with Crippen molar-refractivity contribution in [3.05, 3.63) is 59.9 Å². The molecular weight excluding hydrogens is 386 g/mol. The molecule has 0 aliphatic heterocycles. The highest BCUT2D eigenvalue weighted by Gasteiger charge is 2.14. The zero-order valence-electron chi connectivity index (χ0n) is 19.4. The van der Waals surface area contributed by atoms with Crippen LogP contribution in [0.2, 0.25) is 0 Å². The number of ether oxygens (including phenoxy) is 1. The van der Waals surface area contributed by atoms with Crippen LogP contribution in [0.5, 0.6) is 5.75 Å². The number of aromatic nitrogens is 2. The highest BCUT2D eigenvalue weighted by atomic mass is 16.5. The van der Waals surface area contributed by atoms with Crippen LogP contribution in [-0.2, 0) is 23.3 Å². The predicted molar refractivity (Wildman–Crippen MR) is 126 cm³/mol.